The fraction of sp³-hybridized carbons (Fsp3) is 0.500. The molecule has 1 aromatic rings. The quantitative estimate of drug-likeness (QED) is 0.680. The standard InChI is InChI=1S/C16H21BF3NO2/c1-15(2)16(3,4)23-17(22-15)11(9-21-5)6-10-7-13(19)14(20)8-12(10)18/h6-8,21H,9H2,1-5H3. The van der Waals surface area contributed by atoms with E-state index in [1.54, 1.807) is 7.05 Å². The van der Waals surface area contributed by atoms with Gasteiger partial charge in [0.2, 0.25) is 0 Å². The van der Waals surface area contributed by atoms with Crippen LogP contribution in [0.3, 0.4) is 0 Å². The van der Waals surface area contributed by atoms with Crippen molar-refractivity contribution in [1.82, 2.24) is 5.32 Å². The van der Waals surface area contributed by atoms with Gasteiger partial charge in [-0.3, -0.25) is 0 Å². The fourth-order valence-electron chi connectivity index (χ4n) is 2.25. The number of likely N-dealkylation sites (N-methyl/N-ethyl adjacent to an activating group) is 1. The van der Waals surface area contributed by atoms with Crippen molar-refractivity contribution in [3.8, 4) is 0 Å². The highest BCUT2D eigenvalue weighted by molar-refractivity contribution is 6.55. The molecule has 1 saturated heterocycles. The largest absolute Gasteiger partial charge is 0.491 e. The highest BCUT2D eigenvalue weighted by atomic mass is 19.2. The number of hydrogen-bond donors (Lipinski definition) is 1. The molecule has 0 saturated carbocycles. The maximum Gasteiger partial charge on any atom is 0.491 e. The Morgan fingerprint density at radius 1 is 1.04 bits per heavy atom. The van der Waals surface area contributed by atoms with Crippen molar-refractivity contribution in [2.75, 3.05) is 13.6 Å². The van der Waals surface area contributed by atoms with Crippen LogP contribution in [-0.4, -0.2) is 31.9 Å². The molecule has 0 radical (unpaired) electrons. The smallest absolute Gasteiger partial charge is 0.400 e. The second kappa shape index (κ2) is 6.30. The Labute approximate surface area is 135 Å². The SMILES string of the molecule is CNCC(=Cc1cc(F)c(F)cc1F)B1OC(C)(C)C(C)(C)O1. The number of rotatable bonds is 4. The maximum atomic E-state index is 13.9. The van der Waals surface area contributed by atoms with Gasteiger partial charge in [0.25, 0.3) is 0 Å². The van der Waals surface area contributed by atoms with E-state index in [2.05, 4.69) is 5.32 Å². The molecule has 1 heterocycles. The van der Waals surface area contributed by atoms with Crippen LogP contribution in [0.25, 0.3) is 6.08 Å². The van der Waals surface area contributed by atoms with Crippen LogP contribution in [0.4, 0.5) is 13.2 Å². The molecule has 0 unspecified atom stereocenters. The van der Waals surface area contributed by atoms with Gasteiger partial charge in [-0.2, -0.15) is 0 Å². The first-order chi connectivity index (χ1) is 10.6. The van der Waals surface area contributed by atoms with Crippen molar-refractivity contribution in [1.29, 1.82) is 0 Å². The zero-order valence-corrected chi connectivity index (χ0v) is 14.0. The van der Waals surface area contributed by atoms with E-state index in [1.165, 1.54) is 6.08 Å². The Morgan fingerprint density at radius 3 is 2.09 bits per heavy atom. The predicted octanol–water partition coefficient (Wildman–Crippen LogP) is 3.34. The van der Waals surface area contributed by atoms with Crippen LogP contribution >= 0.6 is 0 Å². The Balaban J connectivity index is 2.38. The number of nitrogens with one attached hydrogen (secondary N) is 1. The van der Waals surface area contributed by atoms with Crippen LogP contribution in [0.2, 0.25) is 0 Å². The molecule has 0 aliphatic carbocycles. The molecule has 1 aliphatic heterocycles. The van der Waals surface area contributed by atoms with Crippen molar-refractivity contribution in [3.63, 3.8) is 0 Å². The number of hydrogen-bond acceptors (Lipinski definition) is 3. The Morgan fingerprint density at radius 2 is 1.57 bits per heavy atom. The third-order valence-corrected chi connectivity index (χ3v) is 4.32. The van der Waals surface area contributed by atoms with Crippen LogP contribution < -0.4 is 5.32 Å². The first-order valence-electron chi connectivity index (χ1n) is 7.42. The lowest BCUT2D eigenvalue weighted by atomic mass is 9.77. The van der Waals surface area contributed by atoms with Gasteiger partial charge < -0.3 is 14.6 Å². The third kappa shape index (κ3) is 3.62. The van der Waals surface area contributed by atoms with E-state index < -0.39 is 35.8 Å². The van der Waals surface area contributed by atoms with Gasteiger partial charge in [-0.05, 0) is 46.3 Å². The summed E-state index contributed by atoms with van der Waals surface area (Å²) < 4.78 is 52.1. The minimum Gasteiger partial charge on any atom is -0.400 e. The van der Waals surface area contributed by atoms with Crippen molar-refractivity contribution >= 4 is 13.2 Å². The Bertz CT molecular complexity index is 616. The normalized spacial score (nSPS) is 20.2. The fourth-order valence-corrected chi connectivity index (χ4v) is 2.25. The molecule has 3 nitrogen and oxygen atoms in total. The summed E-state index contributed by atoms with van der Waals surface area (Å²) >= 11 is 0. The molecule has 2 rings (SSSR count). The zero-order chi connectivity index (χ0) is 17.4. The highest BCUT2D eigenvalue weighted by Crippen LogP contribution is 2.38. The molecule has 126 valence electrons. The van der Waals surface area contributed by atoms with Crippen LogP contribution in [0, 0.1) is 17.5 Å². The van der Waals surface area contributed by atoms with Crippen molar-refractivity contribution < 1.29 is 22.5 Å². The van der Waals surface area contributed by atoms with E-state index in [4.69, 9.17) is 9.31 Å². The van der Waals surface area contributed by atoms with Gasteiger partial charge in [0.05, 0.1) is 11.2 Å². The lowest BCUT2D eigenvalue weighted by Crippen LogP contribution is -2.41. The Hall–Kier alpha value is -1.31. The van der Waals surface area contributed by atoms with Crippen molar-refractivity contribution in [2.24, 2.45) is 0 Å². The molecule has 0 atom stereocenters. The van der Waals surface area contributed by atoms with Gasteiger partial charge in [0, 0.05) is 18.2 Å². The van der Waals surface area contributed by atoms with E-state index in [0.717, 1.165) is 6.07 Å². The van der Waals surface area contributed by atoms with E-state index in [9.17, 15) is 13.2 Å². The molecule has 1 fully saturated rings. The third-order valence-electron chi connectivity index (χ3n) is 4.32. The minimum absolute atomic E-state index is 0.0520. The Kier molecular flexibility index (Phi) is 4.94. The van der Waals surface area contributed by atoms with Crippen molar-refractivity contribution in [3.05, 3.63) is 40.6 Å². The summed E-state index contributed by atoms with van der Waals surface area (Å²) in [5.74, 6) is -3.16. The van der Waals surface area contributed by atoms with Crippen LogP contribution in [0.15, 0.2) is 17.6 Å². The summed E-state index contributed by atoms with van der Waals surface area (Å²) in [7, 11) is 1.03. The van der Waals surface area contributed by atoms with Gasteiger partial charge >= 0.3 is 7.12 Å². The molecule has 0 spiro atoms. The van der Waals surface area contributed by atoms with E-state index in [1.807, 2.05) is 27.7 Å². The summed E-state index contributed by atoms with van der Waals surface area (Å²) in [6, 6.07) is 1.36. The van der Waals surface area contributed by atoms with E-state index >= 15 is 0 Å². The molecule has 1 aliphatic rings. The molecule has 23 heavy (non-hydrogen) atoms. The van der Waals surface area contributed by atoms with Crippen LogP contribution in [0.1, 0.15) is 33.3 Å². The van der Waals surface area contributed by atoms with Crippen LogP contribution in [0.5, 0.6) is 0 Å². The monoisotopic (exact) mass is 327 g/mol. The lowest BCUT2D eigenvalue weighted by molar-refractivity contribution is 0.00578. The maximum absolute atomic E-state index is 13.9. The first kappa shape index (κ1) is 18.0. The molecule has 0 aromatic heterocycles. The first-order valence-corrected chi connectivity index (χ1v) is 7.42. The summed E-state index contributed by atoms with van der Waals surface area (Å²) in [6.07, 6.45) is 1.43. The molecule has 0 bridgehead atoms. The second-order valence-electron chi connectivity index (χ2n) is 6.63. The highest BCUT2D eigenvalue weighted by Gasteiger charge is 2.52. The average Bonchev–Trinajstić information content (AvgIpc) is 2.64. The summed E-state index contributed by atoms with van der Waals surface area (Å²) in [5.41, 5.74) is -0.548. The van der Waals surface area contributed by atoms with E-state index in [-0.39, 0.29) is 5.56 Å². The molecule has 1 N–H and O–H groups in total. The number of halogens is 3. The topological polar surface area (TPSA) is 30.5 Å². The zero-order valence-electron chi connectivity index (χ0n) is 14.0. The van der Waals surface area contributed by atoms with Crippen molar-refractivity contribution in [2.45, 2.75) is 38.9 Å². The number of benzene rings is 1. The molecular formula is C16H21BF3NO2. The molecule has 7 heteroatoms. The minimum atomic E-state index is -1.22. The molecule has 0 amide bonds. The van der Waals surface area contributed by atoms with Gasteiger partial charge in [0.1, 0.15) is 5.82 Å². The van der Waals surface area contributed by atoms with Gasteiger partial charge in [-0.1, -0.05) is 6.08 Å². The van der Waals surface area contributed by atoms with Gasteiger partial charge in [0.15, 0.2) is 11.6 Å². The van der Waals surface area contributed by atoms with E-state index in [0.29, 0.717) is 18.1 Å². The average molecular weight is 327 g/mol. The molecule has 1 aromatic carbocycles. The summed E-state index contributed by atoms with van der Waals surface area (Å²) in [5, 5.41) is 2.95. The lowest BCUT2D eigenvalue weighted by Gasteiger charge is -2.32. The summed E-state index contributed by atoms with van der Waals surface area (Å²) in [6.45, 7) is 7.98. The molecular weight excluding hydrogens is 306 g/mol. The van der Waals surface area contributed by atoms with Gasteiger partial charge in [-0.25, -0.2) is 13.2 Å². The van der Waals surface area contributed by atoms with Crippen LogP contribution in [-0.2, 0) is 9.31 Å². The second-order valence-corrected chi connectivity index (χ2v) is 6.63. The van der Waals surface area contributed by atoms with Gasteiger partial charge in [-0.15, -0.1) is 0 Å². The summed E-state index contributed by atoms with van der Waals surface area (Å²) in [4.78, 5) is 0. The predicted molar refractivity (Wildman–Crippen MR) is 84.3 cm³/mol.